The first-order valence-corrected chi connectivity index (χ1v) is 9.15. The third kappa shape index (κ3) is 2.71. The van der Waals surface area contributed by atoms with Crippen molar-refractivity contribution in [3.05, 3.63) is 17.7 Å². The van der Waals surface area contributed by atoms with Crippen molar-refractivity contribution in [3.8, 4) is 0 Å². The van der Waals surface area contributed by atoms with E-state index in [0.717, 1.165) is 31.2 Å². The summed E-state index contributed by atoms with van der Waals surface area (Å²) in [5.41, 5.74) is 2.63. The van der Waals surface area contributed by atoms with Crippen LogP contribution in [-0.4, -0.2) is 34.6 Å². The highest BCUT2D eigenvalue weighted by atomic mass is 32.2. The molecule has 1 heterocycles. The lowest BCUT2D eigenvalue weighted by atomic mass is 10.1. The van der Waals surface area contributed by atoms with Crippen molar-refractivity contribution in [3.63, 3.8) is 0 Å². The number of urea groups is 1. The quantitative estimate of drug-likeness (QED) is 0.867. The first-order valence-electron chi connectivity index (χ1n) is 7.75. The van der Waals surface area contributed by atoms with Crippen molar-refractivity contribution in [1.29, 1.82) is 0 Å². The Kier molecular flexibility index (Phi) is 3.87. The van der Waals surface area contributed by atoms with E-state index >= 15 is 0 Å². The second-order valence-electron chi connectivity index (χ2n) is 6.18. The van der Waals surface area contributed by atoms with Crippen LogP contribution >= 0.6 is 0 Å². The molecule has 0 spiro atoms. The first-order chi connectivity index (χ1) is 10.8. The average Bonchev–Trinajstić information content (AvgIpc) is 3.04. The minimum Gasteiger partial charge on any atom is -0.335 e. The lowest BCUT2D eigenvalue weighted by molar-refractivity contribution is 0.248. The van der Waals surface area contributed by atoms with Gasteiger partial charge in [-0.1, -0.05) is 12.8 Å². The molecule has 7 nitrogen and oxygen atoms in total. The van der Waals surface area contributed by atoms with Gasteiger partial charge in [0, 0.05) is 25.8 Å². The summed E-state index contributed by atoms with van der Waals surface area (Å²) in [6.07, 6.45) is 4.33. The summed E-state index contributed by atoms with van der Waals surface area (Å²) in [7, 11) is -0.471. The van der Waals surface area contributed by atoms with Gasteiger partial charge in [-0.05, 0) is 37.5 Å². The summed E-state index contributed by atoms with van der Waals surface area (Å²) in [6.45, 7) is 1.85. The smallest absolute Gasteiger partial charge is 0.326 e. The van der Waals surface area contributed by atoms with Crippen molar-refractivity contribution < 1.29 is 13.2 Å². The minimum atomic E-state index is -3.51. The van der Waals surface area contributed by atoms with Gasteiger partial charge in [-0.25, -0.2) is 4.79 Å². The molecular weight excluding hydrogens is 316 g/mol. The summed E-state index contributed by atoms with van der Waals surface area (Å²) >= 11 is 0. The molecule has 1 aliphatic carbocycles. The molecule has 0 saturated heterocycles. The van der Waals surface area contributed by atoms with Gasteiger partial charge >= 0.3 is 16.2 Å². The average molecular weight is 338 g/mol. The zero-order valence-electron chi connectivity index (χ0n) is 13.6. The topological polar surface area (TPSA) is 81.8 Å². The van der Waals surface area contributed by atoms with E-state index in [9.17, 15) is 13.2 Å². The van der Waals surface area contributed by atoms with E-state index < -0.39 is 10.2 Å². The molecule has 1 saturated carbocycles. The molecule has 0 bridgehead atoms. The third-order valence-electron chi connectivity index (χ3n) is 4.63. The highest BCUT2D eigenvalue weighted by Crippen LogP contribution is 2.41. The fourth-order valence-electron chi connectivity index (χ4n) is 3.17. The predicted octanol–water partition coefficient (Wildman–Crippen LogP) is 2.19. The van der Waals surface area contributed by atoms with Crippen LogP contribution in [0.2, 0.25) is 0 Å². The van der Waals surface area contributed by atoms with Gasteiger partial charge in [0.05, 0.1) is 11.4 Å². The zero-order chi connectivity index (χ0) is 16.8. The van der Waals surface area contributed by atoms with E-state index in [1.54, 1.807) is 12.1 Å². The second kappa shape index (κ2) is 5.59. The number of fused-ring (bicyclic) bond motifs is 1. The number of carbonyl (C=O) groups is 1. The summed E-state index contributed by atoms with van der Waals surface area (Å²) < 4.78 is 26.8. The molecule has 1 aromatic rings. The standard InChI is InChI=1S/C15H22N4O3S/c1-10-8-13-14(19(3)23(21,22)18(13)2)9-12(10)17-15(20)16-11-6-4-5-7-11/h8-9,11H,4-7H2,1-3H3,(H2,16,17,20). The number of aryl methyl sites for hydroxylation is 1. The molecule has 2 N–H and O–H groups in total. The van der Waals surface area contributed by atoms with Gasteiger partial charge in [-0.3, -0.25) is 8.61 Å². The molecule has 0 radical (unpaired) electrons. The van der Waals surface area contributed by atoms with Crippen LogP contribution in [0.3, 0.4) is 0 Å². The van der Waals surface area contributed by atoms with Crippen LogP contribution in [0.5, 0.6) is 0 Å². The Morgan fingerprint density at radius 1 is 1.13 bits per heavy atom. The van der Waals surface area contributed by atoms with Crippen molar-refractivity contribution in [2.24, 2.45) is 0 Å². The van der Waals surface area contributed by atoms with E-state index in [4.69, 9.17) is 0 Å². The highest BCUT2D eigenvalue weighted by molar-refractivity contribution is 7.94. The highest BCUT2D eigenvalue weighted by Gasteiger charge is 2.36. The Morgan fingerprint density at radius 3 is 2.30 bits per heavy atom. The summed E-state index contributed by atoms with van der Waals surface area (Å²) in [5.74, 6) is 0. The maximum absolute atomic E-state index is 12.2. The molecule has 1 aliphatic heterocycles. The van der Waals surface area contributed by atoms with Crippen LogP contribution in [0.4, 0.5) is 21.9 Å². The number of hydrogen-bond donors (Lipinski definition) is 2. The summed E-state index contributed by atoms with van der Waals surface area (Å²) in [6, 6.07) is 3.48. The Bertz CT molecular complexity index is 741. The number of nitrogens with one attached hydrogen (secondary N) is 2. The van der Waals surface area contributed by atoms with Gasteiger partial charge in [0.2, 0.25) is 0 Å². The normalized spacial score (nSPS) is 19.8. The molecule has 1 fully saturated rings. The number of benzene rings is 1. The van der Waals surface area contributed by atoms with Crippen LogP contribution in [-0.2, 0) is 10.2 Å². The van der Waals surface area contributed by atoms with E-state index in [1.165, 1.54) is 22.7 Å². The first kappa shape index (κ1) is 15.9. The molecule has 126 valence electrons. The molecule has 2 amide bonds. The maximum atomic E-state index is 12.2. The Labute approximate surface area is 136 Å². The summed E-state index contributed by atoms with van der Waals surface area (Å²) in [5, 5.41) is 5.81. The third-order valence-corrected chi connectivity index (χ3v) is 6.41. The van der Waals surface area contributed by atoms with Crippen molar-refractivity contribution in [2.45, 2.75) is 38.6 Å². The van der Waals surface area contributed by atoms with E-state index in [0.29, 0.717) is 17.1 Å². The van der Waals surface area contributed by atoms with E-state index in [2.05, 4.69) is 10.6 Å². The predicted molar refractivity (Wildman–Crippen MR) is 91.3 cm³/mol. The largest absolute Gasteiger partial charge is 0.335 e. The van der Waals surface area contributed by atoms with E-state index in [1.807, 2.05) is 6.92 Å². The fourth-order valence-corrected chi connectivity index (χ4v) is 4.32. The zero-order valence-corrected chi connectivity index (χ0v) is 14.4. The number of carbonyl (C=O) groups excluding carboxylic acids is 1. The maximum Gasteiger partial charge on any atom is 0.326 e. The molecule has 1 aromatic carbocycles. The Balaban J connectivity index is 1.82. The van der Waals surface area contributed by atoms with E-state index in [-0.39, 0.29) is 12.1 Å². The number of rotatable bonds is 2. The number of nitrogens with zero attached hydrogens (tertiary/aromatic N) is 2. The van der Waals surface area contributed by atoms with Crippen LogP contribution in [0.15, 0.2) is 12.1 Å². The number of hydrogen-bond acceptors (Lipinski definition) is 3. The molecular formula is C15H22N4O3S. The van der Waals surface area contributed by atoms with Gasteiger partial charge in [0.15, 0.2) is 0 Å². The SMILES string of the molecule is Cc1cc2c(cc1NC(=O)NC1CCCC1)N(C)S(=O)(=O)N2C. The van der Waals surface area contributed by atoms with Gasteiger partial charge in [0.1, 0.15) is 0 Å². The Morgan fingerprint density at radius 2 is 1.70 bits per heavy atom. The molecule has 0 atom stereocenters. The lowest BCUT2D eigenvalue weighted by Crippen LogP contribution is -2.36. The van der Waals surface area contributed by atoms with Crippen molar-refractivity contribution in [2.75, 3.05) is 28.0 Å². The van der Waals surface area contributed by atoms with Crippen LogP contribution < -0.4 is 19.2 Å². The number of amides is 2. The monoisotopic (exact) mass is 338 g/mol. The van der Waals surface area contributed by atoms with Crippen LogP contribution in [0.25, 0.3) is 0 Å². The fraction of sp³-hybridized carbons (Fsp3) is 0.533. The van der Waals surface area contributed by atoms with Crippen LogP contribution in [0.1, 0.15) is 31.2 Å². The molecule has 23 heavy (non-hydrogen) atoms. The van der Waals surface area contributed by atoms with Gasteiger partial charge < -0.3 is 10.6 Å². The Hall–Kier alpha value is -1.96. The van der Waals surface area contributed by atoms with Crippen molar-refractivity contribution in [1.82, 2.24) is 5.32 Å². The van der Waals surface area contributed by atoms with Gasteiger partial charge in [-0.15, -0.1) is 0 Å². The van der Waals surface area contributed by atoms with Crippen LogP contribution in [0, 0.1) is 6.92 Å². The second-order valence-corrected chi connectivity index (χ2v) is 8.17. The molecule has 0 aromatic heterocycles. The molecule has 2 aliphatic rings. The minimum absolute atomic E-state index is 0.235. The molecule has 8 heteroatoms. The van der Waals surface area contributed by atoms with Crippen molar-refractivity contribution >= 4 is 33.3 Å². The van der Waals surface area contributed by atoms with Gasteiger partial charge in [-0.2, -0.15) is 8.42 Å². The summed E-state index contributed by atoms with van der Waals surface area (Å²) in [4.78, 5) is 12.1. The lowest BCUT2D eigenvalue weighted by Gasteiger charge is -2.16. The molecule has 3 rings (SSSR count). The number of anilines is 3. The molecule has 0 unspecified atom stereocenters. The van der Waals surface area contributed by atoms with Gasteiger partial charge in [0.25, 0.3) is 0 Å².